The van der Waals surface area contributed by atoms with Crippen LogP contribution in [0.2, 0.25) is 0 Å². The quantitative estimate of drug-likeness (QED) is 0.317. The highest BCUT2D eigenvalue weighted by Gasteiger charge is 2.51. The van der Waals surface area contributed by atoms with Crippen LogP contribution in [0.1, 0.15) is 33.4 Å². The van der Waals surface area contributed by atoms with Gasteiger partial charge in [0.15, 0.2) is 0 Å². The van der Waals surface area contributed by atoms with Gasteiger partial charge < -0.3 is 10.2 Å². The number of nitrogens with zero attached hydrogens (tertiary/aromatic N) is 1. The number of fused-ring (bicyclic) bond motifs is 4. The third-order valence-electron chi connectivity index (χ3n) is 7.64. The molecule has 36 heavy (non-hydrogen) atoms. The smallest absolute Gasteiger partial charge is 0.142 e. The monoisotopic (exact) mass is 465 g/mol. The Balaban J connectivity index is 1.55. The molecule has 0 amide bonds. The van der Waals surface area contributed by atoms with Gasteiger partial charge in [0, 0.05) is 23.5 Å². The Kier molecular flexibility index (Phi) is 4.43. The Hall–Kier alpha value is -4.31. The van der Waals surface area contributed by atoms with E-state index >= 15 is 0 Å². The minimum Gasteiger partial charge on any atom is -0.376 e. The van der Waals surface area contributed by atoms with Crippen LogP contribution < -0.4 is 0 Å². The molecule has 0 saturated heterocycles. The first kappa shape index (κ1) is 21.0. The molecular formula is C33H23NO2. The van der Waals surface area contributed by atoms with Crippen molar-refractivity contribution in [3.63, 3.8) is 0 Å². The van der Waals surface area contributed by atoms with E-state index in [0.29, 0.717) is 22.3 Å². The number of pyridine rings is 1. The molecule has 6 aromatic rings. The standard InChI is InChI=1S/C33H23NO2/c35-32(26-15-13-22-7-1-3-9-24(22)19-26)28-11-5-6-12-29(28)33(36,31-21-34-18-17-30(31)32)27-16-14-23-8-2-4-10-25(23)20-27/h1-21,35-36H. The zero-order valence-corrected chi connectivity index (χ0v) is 19.5. The van der Waals surface area contributed by atoms with Crippen molar-refractivity contribution in [2.24, 2.45) is 0 Å². The van der Waals surface area contributed by atoms with Crippen LogP contribution in [0.25, 0.3) is 21.5 Å². The first-order chi connectivity index (χ1) is 17.6. The van der Waals surface area contributed by atoms with Gasteiger partial charge in [0.2, 0.25) is 0 Å². The second kappa shape index (κ2) is 7.59. The topological polar surface area (TPSA) is 53.4 Å². The second-order valence-corrected chi connectivity index (χ2v) is 9.51. The number of aromatic nitrogens is 1. The van der Waals surface area contributed by atoms with Gasteiger partial charge in [0.1, 0.15) is 11.2 Å². The summed E-state index contributed by atoms with van der Waals surface area (Å²) in [4.78, 5) is 4.39. The number of hydrogen-bond donors (Lipinski definition) is 2. The van der Waals surface area contributed by atoms with Crippen LogP contribution in [-0.4, -0.2) is 15.2 Å². The summed E-state index contributed by atoms with van der Waals surface area (Å²) in [5.41, 5.74) is 1.07. The average Bonchev–Trinajstić information content (AvgIpc) is 2.95. The Morgan fingerprint density at radius 1 is 0.444 bits per heavy atom. The lowest BCUT2D eigenvalue weighted by atomic mass is 9.64. The SMILES string of the molecule is OC1(c2ccc3ccccc3c2)c2ccccc2C(O)(c2ccc3ccccc3c2)c2cnccc21. The highest BCUT2D eigenvalue weighted by atomic mass is 16.3. The molecule has 1 heterocycles. The predicted molar refractivity (Wildman–Crippen MR) is 143 cm³/mol. The van der Waals surface area contributed by atoms with Gasteiger partial charge in [-0.15, -0.1) is 0 Å². The summed E-state index contributed by atoms with van der Waals surface area (Å²) in [6.07, 6.45) is 3.37. The van der Waals surface area contributed by atoms with E-state index in [-0.39, 0.29) is 0 Å². The van der Waals surface area contributed by atoms with Crippen LogP contribution in [0.5, 0.6) is 0 Å². The summed E-state index contributed by atoms with van der Waals surface area (Å²) in [5.74, 6) is 0. The van der Waals surface area contributed by atoms with Crippen molar-refractivity contribution in [2.45, 2.75) is 11.2 Å². The fraction of sp³-hybridized carbons (Fsp3) is 0.0606. The second-order valence-electron chi connectivity index (χ2n) is 9.51. The van der Waals surface area contributed by atoms with Crippen molar-refractivity contribution < 1.29 is 10.2 Å². The van der Waals surface area contributed by atoms with E-state index in [9.17, 15) is 10.2 Å². The normalized spacial score (nSPS) is 20.7. The Labute approximate surface area is 208 Å². The highest BCUT2D eigenvalue weighted by Crippen LogP contribution is 2.53. The lowest BCUT2D eigenvalue weighted by Gasteiger charge is -2.45. The van der Waals surface area contributed by atoms with Crippen LogP contribution >= 0.6 is 0 Å². The van der Waals surface area contributed by atoms with Crippen LogP contribution in [0.3, 0.4) is 0 Å². The van der Waals surface area contributed by atoms with Crippen LogP contribution in [0.15, 0.2) is 128 Å². The molecule has 1 aromatic heterocycles. The van der Waals surface area contributed by atoms with Gasteiger partial charge in [-0.1, -0.05) is 97.1 Å². The van der Waals surface area contributed by atoms with Crippen LogP contribution in [-0.2, 0) is 11.2 Å². The zero-order valence-electron chi connectivity index (χ0n) is 19.5. The van der Waals surface area contributed by atoms with E-state index in [1.807, 2.05) is 97.1 Å². The first-order valence-corrected chi connectivity index (χ1v) is 12.1. The number of aliphatic hydroxyl groups is 2. The van der Waals surface area contributed by atoms with Crippen molar-refractivity contribution >= 4 is 21.5 Å². The van der Waals surface area contributed by atoms with Crippen LogP contribution in [0.4, 0.5) is 0 Å². The van der Waals surface area contributed by atoms with Gasteiger partial charge in [0.05, 0.1) is 0 Å². The predicted octanol–water partition coefficient (Wildman–Crippen LogP) is 6.27. The van der Waals surface area contributed by atoms with E-state index < -0.39 is 11.2 Å². The molecule has 0 radical (unpaired) electrons. The molecule has 2 unspecified atom stereocenters. The van der Waals surface area contributed by atoms with Crippen molar-refractivity contribution in [1.82, 2.24) is 4.98 Å². The molecule has 2 N–H and O–H groups in total. The minimum atomic E-state index is -1.48. The van der Waals surface area contributed by atoms with E-state index in [1.54, 1.807) is 12.4 Å². The minimum absolute atomic E-state index is 0.578. The van der Waals surface area contributed by atoms with E-state index in [0.717, 1.165) is 32.7 Å². The van der Waals surface area contributed by atoms with Gasteiger partial charge in [0.25, 0.3) is 0 Å². The van der Waals surface area contributed by atoms with Crippen molar-refractivity contribution in [2.75, 3.05) is 0 Å². The van der Waals surface area contributed by atoms with E-state index in [4.69, 9.17) is 0 Å². The molecular weight excluding hydrogens is 442 g/mol. The van der Waals surface area contributed by atoms with Gasteiger partial charge in [-0.2, -0.15) is 0 Å². The largest absolute Gasteiger partial charge is 0.376 e. The molecule has 1 aliphatic carbocycles. The number of benzene rings is 5. The summed E-state index contributed by atoms with van der Waals surface area (Å²) in [7, 11) is 0. The molecule has 7 rings (SSSR count). The maximum Gasteiger partial charge on any atom is 0.142 e. The summed E-state index contributed by atoms with van der Waals surface area (Å²) >= 11 is 0. The molecule has 5 aromatic carbocycles. The molecule has 3 nitrogen and oxygen atoms in total. The van der Waals surface area contributed by atoms with Gasteiger partial charge in [-0.25, -0.2) is 0 Å². The van der Waals surface area contributed by atoms with E-state index in [2.05, 4.69) is 23.2 Å². The summed E-state index contributed by atoms with van der Waals surface area (Å²) in [6.45, 7) is 0. The zero-order chi connectivity index (χ0) is 24.3. The molecule has 2 atom stereocenters. The van der Waals surface area contributed by atoms with Crippen molar-refractivity contribution in [3.05, 3.63) is 161 Å². The highest BCUT2D eigenvalue weighted by molar-refractivity contribution is 5.85. The number of rotatable bonds is 2. The fourth-order valence-electron chi connectivity index (χ4n) is 5.85. The fourth-order valence-corrected chi connectivity index (χ4v) is 5.85. The Bertz CT molecular complexity index is 1610. The maximum atomic E-state index is 12.6. The lowest BCUT2D eigenvalue weighted by Crippen LogP contribution is -2.44. The molecule has 172 valence electrons. The summed E-state index contributed by atoms with van der Waals surface area (Å²) in [6, 6.07) is 37.8. The van der Waals surface area contributed by atoms with Crippen LogP contribution in [0, 0.1) is 0 Å². The molecule has 0 aliphatic heterocycles. The molecule has 0 bridgehead atoms. The summed E-state index contributed by atoms with van der Waals surface area (Å²) in [5, 5.41) is 29.5. The van der Waals surface area contributed by atoms with Crippen molar-refractivity contribution in [1.29, 1.82) is 0 Å². The average molecular weight is 466 g/mol. The Morgan fingerprint density at radius 2 is 0.889 bits per heavy atom. The first-order valence-electron chi connectivity index (χ1n) is 12.1. The van der Waals surface area contributed by atoms with Crippen molar-refractivity contribution in [3.8, 4) is 0 Å². The maximum absolute atomic E-state index is 12.6. The molecule has 1 aliphatic rings. The third kappa shape index (κ3) is 2.78. The molecule has 3 heteroatoms. The summed E-state index contributed by atoms with van der Waals surface area (Å²) < 4.78 is 0. The lowest BCUT2D eigenvalue weighted by molar-refractivity contribution is 0.0745. The van der Waals surface area contributed by atoms with Gasteiger partial charge in [-0.05, 0) is 62.0 Å². The Morgan fingerprint density at radius 3 is 1.44 bits per heavy atom. The van der Waals surface area contributed by atoms with E-state index in [1.165, 1.54) is 0 Å². The third-order valence-corrected chi connectivity index (χ3v) is 7.64. The van der Waals surface area contributed by atoms with Gasteiger partial charge in [-0.3, -0.25) is 4.98 Å². The molecule has 0 fully saturated rings. The molecule has 0 spiro atoms. The molecule has 0 saturated carbocycles. The van der Waals surface area contributed by atoms with Gasteiger partial charge >= 0.3 is 0 Å². The number of hydrogen-bond acceptors (Lipinski definition) is 3.